The molecule has 6 rings (SSSR count). The monoisotopic (exact) mass is 768 g/mol. The molecular formula is C36H32O13S3. The normalized spacial score (nSPS) is 13.5. The van der Waals surface area contributed by atoms with Gasteiger partial charge < -0.3 is 20.4 Å². The molecule has 0 unspecified atom stereocenters. The Morgan fingerprint density at radius 2 is 0.635 bits per heavy atom. The van der Waals surface area contributed by atoms with Crippen LogP contribution in [0.3, 0.4) is 0 Å². The topological polar surface area (TPSA) is 244 Å². The van der Waals surface area contributed by atoms with E-state index in [0.717, 1.165) is 42.0 Å². The van der Waals surface area contributed by atoms with Crippen molar-refractivity contribution in [1.29, 1.82) is 0 Å². The molecule has 0 atom stereocenters. The zero-order valence-corrected chi connectivity index (χ0v) is 29.5. The molecule has 8 bridgehead atoms. The molecule has 1 aliphatic rings. The van der Waals surface area contributed by atoms with Crippen molar-refractivity contribution in [3.05, 3.63) is 134 Å². The van der Waals surface area contributed by atoms with Crippen LogP contribution in [0, 0.1) is 0 Å². The molecule has 5 aromatic rings. The van der Waals surface area contributed by atoms with Gasteiger partial charge in [-0.3, -0.25) is 13.7 Å². The lowest BCUT2D eigenvalue weighted by atomic mass is 9.89. The average molecular weight is 769 g/mol. The molecule has 7 N–H and O–H groups in total. The quantitative estimate of drug-likeness (QED) is 0.114. The van der Waals surface area contributed by atoms with Gasteiger partial charge in [0.05, 0.1) is 14.7 Å². The highest BCUT2D eigenvalue weighted by atomic mass is 32.2. The van der Waals surface area contributed by atoms with Crippen LogP contribution in [0.15, 0.2) is 93.5 Å². The summed E-state index contributed by atoms with van der Waals surface area (Å²) in [4.78, 5) is -2.00. The fraction of sp³-hybridized carbons (Fsp3) is 0.167. The molecule has 0 spiro atoms. The number of phenolic OH excluding ortho intramolecular Hbond substituents is 4. The van der Waals surface area contributed by atoms with E-state index in [1.54, 1.807) is 12.1 Å². The van der Waals surface area contributed by atoms with E-state index >= 15 is 0 Å². The van der Waals surface area contributed by atoms with Gasteiger partial charge in [-0.15, -0.1) is 0 Å². The number of aromatic hydroxyl groups is 4. The van der Waals surface area contributed by atoms with E-state index in [4.69, 9.17) is 0 Å². The predicted octanol–water partition coefficient (Wildman–Crippen LogP) is 4.71. The van der Waals surface area contributed by atoms with E-state index in [1.165, 1.54) is 0 Å². The highest BCUT2D eigenvalue weighted by Gasteiger charge is 2.26. The SMILES string of the molecule is O=S(=O)(O)c1cc2c(O)c(c1)Cc1cc(S(=O)(=O)O)cc(c1O)Cc1cc(S(=O)(=O)O)cc(c1O)Cc1cc(CCc3ccccc3)cc(c1O)C2. The van der Waals surface area contributed by atoms with Crippen molar-refractivity contribution in [2.24, 2.45) is 0 Å². The summed E-state index contributed by atoms with van der Waals surface area (Å²) in [5, 5.41) is 45.9. The Bertz CT molecular complexity index is 2450. The Kier molecular flexibility index (Phi) is 9.58. The second-order valence-corrected chi connectivity index (χ2v) is 16.9. The van der Waals surface area contributed by atoms with Crippen molar-refractivity contribution in [3.8, 4) is 23.0 Å². The molecule has 52 heavy (non-hydrogen) atoms. The second-order valence-electron chi connectivity index (χ2n) is 12.7. The molecular weight excluding hydrogens is 737 g/mol. The minimum atomic E-state index is -4.95. The van der Waals surface area contributed by atoms with Crippen LogP contribution in [0.4, 0.5) is 0 Å². The number of hydrogen-bond donors (Lipinski definition) is 7. The summed E-state index contributed by atoms with van der Waals surface area (Å²) in [6.07, 6.45) is -0.727. The zero-order chi connectivity index (χ0) is 37.7. The van der Waals surface area contributed by atoms with Gasteiger partial charge in [0.15, 0.2) is 0 Å². The lowest BCUT2D eigenvalue weighted by Crippen LogP contribution is -2.07. The first-order valence-corrected chi connectivity index (χ1v) is 19.9. The van der Waals surface area contributed by atoms with Crippen molar-refractivity contribution in [1.82, 2.24) is 0 Å². The largest absolute Gasteiger partial charge is 0.507 e. The van der Waals surface area contributed by atoms with Gasteiger partial charge in [-0.1, -0.05) is 42.5 Å². The Hall–Kier alpha value is -4.97. The third-order valence-corrected chi connectivity index (χ3v) is 11.5. The fourth-order valence-electron chi connectivity index (χ4n) is 6.44. The first kappa shape index (κ1) is 36.8. The van der Waals surface area contributed by atoms with E-state index in [1.807, 2.05) is 30.3 Å². The second kappa shape index (κ2) is 13.5. The Morgan fingerprint density at radius 1 is 0.385 bits per heavy atom. The van der Waals surface area contributed by atoms with Crippen LogP contribution in [-0.2, 0) is 68.9 Å². The van der Waals surface area contributed by atoms with Crippen LogP contribution < -0.4 is 0 Å². The first-order valence-electron chi connectivity index (χ1n) is 15.6. The molecule has 0 saturated carbocycles. The van der Waals surface area contributed by atoms with Crippen molar-refractivity contribution in [2.75, 3.05) is 0 Å². The van der Waals surface area contributed by atoms with Gasteiger partial charge >= 0.3 is 0 Å². The molecule has 16 heteroatoms. The zero-order valence-electron chi connectivity index (χ0n) is 27.1. The van der Waals surface area contributed by atoms with Gasteiger partial charge in [0.25, 0.3) is 30.4 Å². The Balaban J connectivity index is 1.65. The summed E-state index contributed by atoms with van der Waals surface area (Å²) < 4.78 is 104. The predicted molar refractivity (Wildman–Crippen MR) is 187 cm³/mol. The minimum Gasteiger partial charge on any atom is -0.507 e. The van der Waals surface area contributed by atoms with Crippen molar-refractivity contribution >= 4 is 30.4 Å². The molecule has 0 aliphatic heterocycles. The lowest BCUT2D eigenvalue weighted by molar-refractivity contribution is 0.449. The van der Waals surface area contributed by atoms with Crippen molar-refractivity contribution in [3.63, 3.8) is 0 Å². The molecule has 0 heterocycles. The van der Waals surface area contributed by atoms with Gasteiger partial charge in [0.2, 0.25) is 0 Å². The summed E-state index contributed by atoms with van der Waals surface area (Å²) in [6.45, 7) is 0. The average Bonchev–Trinajstić information content (AvgIpc) is 3.05. The van der Waals surface area contributed by atoms with E-state index < -0.39 is 75.1 Å². The van der Waals surface area contributed by atoms with Gasteiger partial charge in [-0.25, -0.2) is 0 Å². The molecule has 0 aromatic heterocycles. The summed E-state index contributed by atoms with van der Waals surface area (Å²) in [7, 11) is -14.7. The number of hydrogen-bond acceptors (Lipinski definition) is 10. The Labute approximate surface area is 299 Å². The van der Waals surface area contributed by atoms with Crippen LogP contribution in [0.25, 0.3) is 0 Å². The summed E-state index contributed by atoms with van der Waals surface area (Å²) in [5.41, 5.74) is 1.02. The van der Waals surface area contributed by atoms with Gasteiger partial charge in [-0.2, -0.15) is 25.3 Å². The summed E-state index contributed by atoms with van der Waals surface area (Å²) in [5.74, 6) is -1.92. The number of benzene rings is 5. The first-order chi connectivity index (χ1) is 24.3. The molecule has 0 amide bonds. The molecule has 5 aromatic carbocycles. The van der Waals surface area contributed by atoms with Gasteiger partial charge in [-0.05, 0) is 71.5 Å². The smallest absolute Gasteiger partial charge is 0.294 e. The maximum atomic E-state index is 12.4. The van der Waals surface area contributed by atoms with E-state index in [9.17, 15) is 59.3 Å². The Morgan fingerprint density at radius 3 is 0.904 bits per heavy atom. The third kappa shape index (κ3) is 7.77. The van der Waals surface area contributed by atoms with Crippen LogP contribution in [-0.4, -0.2) is 59.3 Å². The van der Waals surface area contributed by atoms with Crippen LogP contribution in [0.2, 0.25) is 0 Å². The van der Waals surface area contributed by atoms with Crippen molar-refractivity contribution < 1.29 is 59.3 Å². The lowest BCUT2D eigenvalue weighted by Gasteiger charge is -2.19. The molecule has 0 saturated heterocycles. The maximum Gasteiger partial charge on any atom is 0.294 e. The molecule has 1 aliphatic carbocycles. The minimum absolute atomic E-state index is 0.0807. The third-order valence-electron chi connectivity index (χ3n) is 9.01. The van der Waals surface area contributed by atoms with E-state index in [0.29, 0.717) is 18.4 Å². The highest BCUT2D eigenvalue weighted by molar-refractivity contribution is 7.86. The van der Waals surface area contributed by atoms with Gasteiger partial charge in [0, 0.05) is 59.1 Å². The van der Waals surface area contributed by atoms with Gasteiger partial charge in [0.1, 0.15) is 23.0 Å². The van der Waals surface area contributed by atoms with Crippen LogP contribution in [0.5, 0.6) is 23.0 Å². The van der Waals surface area contributed by atoms with Crippen LogP contribution >= 0.6 is 0 Å². The molecule has 272 valence electrons. The highest BCUT2D eigenvalue weighted by Crippen LogP contribution is 2.40. The number of rotatable bonds is 6. The number of fused-ring (bicyclic) bond motifs is 8. The van der Waals surface area contributed by atoms with E-state index in [-0.39, 0.29) is 63.1 Å². The number of phenols is 4. The number of aryl methyl sites for hydroxylation is 2. The van der Waals surface area contributed by atoms with Crippen LogP contribution in [0.1, 0.15) is 55.6 Å². The molecule has 0 radical (unpaired) electrons. The fourth-order valence-corrected chi connectivity index (χ4v) is 8.19. The van der Waals surface area contributed by atoms with Crippen molar-refractivity contribution in [2.45, 2.75) is 53.2 Å². The maximum absolute atomic E-state index is 12.4. The molecule has 13 nitrogen and oxygen atoms in total. The summed E-state index contributed by atoms with van der Waals surface area (Å²) >= 11 is 0. The van der Waals surface area contributed by atoms with E-state index in [2.05, 4.69) is 0 Å². The molecule has 0 fully saturated rings. The summed E-state index contributed by atoms with van der Waals surface area (Å²) in [6, 6.07) is 18.4. The standard InChI is InChI=1S/C36H32O13S3/c37-33-22-8-21(7-6-20-4-2-1-3-5-20)9-23(33)11-25-15-31(51(44,45)46)17-27(35(25)39)13-29-19-32(52(47,48)49)18-28(36(29)40)12-26-16-30(50(41,42)43)14-24(10-22)34(26)38/h1-5,8-9,14-19,37-40H,6-7,10-13H2,(H,41,42,43)(H,44,45,46)(H,47,48,49).